The summed E-state index contributed by atoms with van der Waals surface area (Å²) in [5, 5.41) is 12.2. The van der Waals surface area contributed by atoms with Crippen molar-refractivity contribution in [1.82, 2.24) is 5.32 Å². The molecule has 3 aliphatic heterocycles. The number of benzene rings is 1. The number of hydrogen-bond acceptors (Lipinski definition) is 7. The van der Waals surface area contributed by atoms with Crippen LogP contribution >= 0.6 is 11.8 Å². The number of thioether (sulfide) groups is 1. The molecule has 1 aromatic rings. The van der Waals surface area contributed by atoms with Crippen molar-refractivity contribution in [3.8, 4) is 0 Å². The van der Waals surface area contributed by atoms with E-state index < -0.39 is 23.4 Å². The molecule has 2 N–H and O–H groups in total. The molecule has 0 saturated carbocycles. The summed E-state index contributed by atoms with van der Waals surface area (Å²) in [6, 6.07) is 8.87. The molecule has 0 spiro atoms. The van der Waals surface area contributed by atoms with Crippen LogP contribution in [0.25, 0.3) is 0 Å². The van der Waals surface area contributed by atoms with Crippen LogP contribution in [0.2, 0.25) is 0 Å². The zero-order valence-electron chi connectivity index (χ0n) is 17.2. The maximum absolute atomic E-state index is 12.8. The number of carbonyl (C=O) groups excluding carboxylic acids is 2. The molecule has 2 unspecified atom stereocenters. The number of hydrogen-bond donors (Lipinski definition) is 2. The van der Waals surface area contributed by atoms with Gasteiger partial charge in [-0.05, 0) is 36.5 Å². The molecule has 2 bridgehead atoms. The number of carbonyl (C=O) groups is 3. The summed E-state index contributed by atoms with van der Waals surface area (Å²) in [5.41, 5.74) is 1.42. The summed E-state index contributed by atoms with van der Waals surface area (Å²) in [5.74, 6) is -1.25. The number of ketones is 1. The van der Waals surface area contributed by atoms with Crippen LogP contribution in [0.5, 0.6) is 0 Å². The van der Waals surface area contributed by atoms with Gasteiger partial charge in [0.25, 0.3) is 0 Å². The molecule has 0 amide bonds. The van der Waals surface area contributed by atoms with Gasteiger partial charge in [0.2, 0.25) is 0 Å². The zero-order chi connectivity index (χ0) is 22.1. The molecule has 31 heavy (non-hydrogen) atoms. The lowest BCUT2D eigenvalue weighted by Gasteiger charge is -2.27. The van der Waals surface area contributed by atoms with Crippen LogP contribution in [-0.4, -0.2) is 52.3 Å². The van der Waals surface area contributed by atoms with E-state index in [1.54, 1.807) is 12.2 Å². The molecule has 0 saturated heterocycles. The van der Waals surface area contributed by atoms with Crippen molar-refractivity contribution in [2.24, 2.45) is 4.99 Å². The number of nitrogens with one attached hydrogen (secondary N) is 1. The van der Waals surface area contributed by atoms with Gasteiger partial charge in [-0.2, -0.15) is 0 Å². The van der Waals surface area contributed by atoms with Gasteiger partial charge in [-0.25, -0.2) is 4.79 Å². The second kappa shape index (κ2) is 11.6. The summed E-state index contributed by atoms with van der Waals surface area (Å²) < 4.78 is 5.47. The standard InChI is InChI=1S/C23H26N2O5S/c26-18-11-5-2-6-13-30-23(29)20(24-14-16-8-3-1-4-9-16)21-25-19(22(27)28)17(15-31-21)10-7-12-18/h1,3-4,7-10,12,20-21,24H,2,5-6,11,13-15H2,(H,27,28)/b12-7+,17-10?. The van der Waals surface area contributed by atoms with Crippen LogP contribution in [0.3, 0.4) is 0 Å². The molecule has 2 atom stereocenters. The summed E-state index contributed by atoms with van der Waals surface area (Å²) in [4.78, 5) is 40.9. The maximum atomic E-state index is 12.8. The molecule has 8 heteroatoms. The number of rotatable bonds is 4. The Morgan fingerprint density at radius 2 is 2.00 bits per heavy atom. The third-order valence-corrected chi connectivity index (χ3v) is 6.17. The van der Waals surface area contributed by atoms with E-state index in [1.807, 2.05) is 30.3 Å². The first-order valence-corrected chi connectivity index (χ1v) is 11.4. The Bertz CT molecular complexity index is 894. The van der Waals surface area contributed by atoms with E-state index >= 15 is 0 Å². The predicted octanol–water partition coefficient (Wildman–Crippen LogP) is 2.91. The van der Waals surface area contributed by atoms with Crippen LogP contribution in [0.15, 0.2) is 59.1 Å². The maximum Gasteiger partial charge on any atom is 0.354 e. The molecule has 3 heterocycles. The Kier molecular flexibility index (Phi) is 8.61. The number of carboxylic acids is 1. The Morgan fingerprint density at radius 1 is 1.19 bits per heavy atom. The molecule has 164 valence electrons. The topological polar surface area (TPSA) is 105 Å². The number of ether oxygens (including phenoxy) is 1. The molecule has 3 aliphatic rings. The summed E-state index contributed by atoms with van der Waals surface area (Å²) in [6.45, 7) is 0.688. The van der Waals surface area contributed by atoms with Crippen molar-refractivity contribution < 1.29 is 24.2 Å². The zero-order valence-corrected chi connectivity index (χ0v) is 18.0. The number of fused-ring (bicyclic) bond motifs is 11. The largest absolute Gasteiger partial charge is 0.477 e. The van der Waals surface area contributed by atoms with Crippen LogP contribution < -0.4 is 5.32 Å². The second-order valence-electron chi connectivity index (χ2n) is 7.32. The van der Waals surface area contributed by atoms with E-state index in [0.29, 0.717) is 37.1 Å². The van der Waals surface area contributed by atoms with E-state index in [9.17, 15) is 19.5 Å². The van der Waals surface area contributed by atoms with Crippen LogP contribution in [0.4, 0.5) is 0 Å². The fourth-order valence-corrected chi connectivity index (χ4v) is 4.46. The van der Waals surface area contributed by atoms with Crippen LogP contribution in [0, 0.1) is 0 Å². The smallest absolute Gasteiger partial charge is 0.354 e. The highest BCUT2D eigenvalue weighted by atomic mass is 32.2. The normalized spacial score (nSPS) is 24.1. The molecule has 0 radical (unpaired) electrons. The monoisotopic (exact) mass is 442 g/mol. The minimum Gasteiger partial charge on any atom is -0.477 e. The molecule has 0 fully saturated rings. The summed E-state index contributed by atoms with van der Waals surface area (Å²) in [6.07, 6.45) is 7.25. The van der Waals surface area contributed by atoms with Crippen LogP contribution in [-0.2, 0) is 25.7 Å². The SMILES string of the molecule is O=C1/C=C/C=C2CSC(N=C2C(=O)O)C(NCc2ccccc2)C(=O)OCCCCC1. The highest BCUT2D eigenvalue weighted by molar-refractivity contribution is 8.00. The minimum absolute atomic E-state index is 0.0127. The number of carboxylic acid groups (broad SMARTS) is 1. The Labute approximate surface area is 185 Å². The molecular formula is C23H26N2O5S. The Balaban J connectivity index is 1.87. The van der Waals surface area contributed by atoms with Crippen molar-refractivity contribution in [2.75, 3.05) is 12.4 Å². The Morgan fingerprint density at radius 3 is 2.77 bits per heavy atom. The predicted molar refractivity (Wildman–Crippen MR) is 120 cm³/mol. The first-order chi connectivity index (χ1) is 15.0. The molecule has 7 nitrogen and oxygen atoms in total. The number of esters is 1. The highest BCUT2D eigenvalue weighted by Crippen LogP contribution is 2.27. The van der Waals surface area contributed by atoms with Crippen molar-refractivity contribution in [3.05, 3.63) is 59.7 Å². The summed E-state index contributed by atoms with van der Waals surface area (Å²) in [7, 11) is 0. The average molecular weight is 443 g/mol. The lowest BCUT2D eigenvalue weighted by molar-refractivity contribution is -0.146. The molecule has 0 aromatic heterocycles. The first-order valence-electron chi connectivity index (χ1n) is 10.3. The fraction of sp³-hybridized carbons (Fsp3) is 0.391. The molecular weight excluding hydrogens is 416 g/mol. The van der Waals surface area contributed by atoms with Gasteiger partial charge in [0.15, 0.2) is 5.78 Å². The first kappa shape index (κ1) is 23.0. The van der Waals surface area contributed by atoms with Gasteiger partial charge < -0.3 is 9.84 Å². The van der Waals surface area contributed by atoms with E-state index in [2.05, 4.69) is 10.3 Å². The molecule has 4 rings (SSSR count). The van der Waals surface area contributed by atoms with Gasteiger partial charge in [0.05, 0.1) is 6.61 Å². The third kappa shape index (κ3) is 6.90. The lowest BCUT2D eigenvalue weighted by atomic mass is 10.1. The van der Waals surface area contributed by atoms with E-state index in [4.69, 9.17) is 4.74 Å². The average Bonchev–Trinajstić information content (AvgIpc) is 2.76. The second-order valence-corrected chi connectivity index (χ2v) is 8.43. The van der Waals surface area contributed by atoms with E-state index in [1.165, 1.54) is 17.8 Å². The van der Waals surface area contributed by atoms with E-state index in [-0.39, 0.29) is 18.1 Å². The Hall–Kier alpha value is -2.71. The van der Waals surface area contributed by atoms with Gasteiger partial charge >= 0.3 is 11.9 Å². The highest BCUT2D eigenvalue weighted by Gasteiger charge is 2.34. The van der Waals surface area contributed by atoms with Gasteiger partial charge in [-0.15, -0.1) is 11.8 Å². The molecule has 1 aromatic carbocycles. The van der Waals surface area contributed by atoms with Crippen molar-refractivity contribution in [3.63, 3.8) is 0 Å². The van der Waals surface area contributed by atoms with Crippen molar-refractivity contribution in [1.29, 1.82) is 0 Å². The number of allylic oxidation sites excluding steroid dienone is 3. The third-order valence-electron chi connectivity index (χ3n) is 4.97. The van der Waals surface area contributed by atoms with Gasteiger partial charge in [0.1, 0.15) is 17.1 Å². The molecule has 0 aliphatic carbocycles. The van der Waals surface area contributed by atoms with Crippen molar-refractivity contribution in [2.45, 2.75) is 43.6 Å². The quantitative estimate of drug-likeness (QED) is 0.691. The minimum atomic E-state index is -1.16. The van der Waals surface area contributed by atoms with Gasteiger partial charge in [-0.3, -0.25) is 19.9 Å². The van der Waals surface area contributed by atoms with E-state index in [0.717, 1.165) is 12.0 Å². The lowest BCUT2D eigenvalue weighted by Crippen LogP contribution is -2.46. The summed E-state index contributed by atoms with van der Waals surface area (Å²) >= 11 is 1.37. The number of aliphatic imine (C=N–C) groups is 1. The number of aliphatic carboxylic acids is 1. The van der Waals surface area contributed by atoms with Gasteiger partial charge in [-0.1, -0.05) is 42.5 Å². The van der Waals surface area contributed by atoms with Gasteiger partial charge in [0, 0.05) is 18.7 Å². The van der Waals surface area contributed by atoms with Crippen molar-refractivity contribution >= 4 is 35.2 Å². The fourth-order valence-electron chi connectivity index (χ4n) is 3.30. The van der Waals surface area contributed by atoms with Crippen LogP contribution in [0.1, 0.15) is 31.2 Å². The number of nitrogens with zero attached hydrogens (tertiary/aromatic N) is 1.